The van der Waals surface area contributed by atoms with Crippen LogP contribution in [0.4, 0.5) is 5.69 Å². The monoisotopic (exact) mass is 259 g/mol. The van der Waals surface area contributed by atoms with E-state index in [0.29, 0.717) is 12.1 Å². The minimum absolute atomic E-state index is 0.563. The summed E-state index contributed by atoms with van der Waals surface area (Å²) in [7, 11) is 0. The normalized spacial score (nSPS) is 27.7. The third-order valence-electron chi connectivity index (χ3n) is 4.56. The summed E-state index contributed by atoms with van der Waals surface area (Å²) in [5.74, 6) is 0. The highest BCUT2D eigenvalue weighted by molar-refractivity contribution is 5.63. The Morgan fingerprint density at radius 3 is 2.53 bits per heavy atom. The van der Waals surface area contributed by atoms with E-state index < -0.39 is 0 Å². The molecule has 3 heteroatoms. The minimum Gasteiger partial charge on any atom is -0.382 e. The first kappa shape index (κ1) is 12.9. The molecule has 0 amide bonds. The van der Waals surface area contributed by atoms with Crippen LogP contribution in [0.2, 0.25) is 0 Å². The maximum absolute atomic E-state index is 3.70. The lowest BCUT2D eigenvalue weighted by Gasteiger charge is -2.42. The molecule has 0 aromatic heterocycles. The van der Waals surface area contributed by atoms with E-state index in [1.807, 2.05) is 0 Å². The highest BCUT2D eigenvalue weighted by Gasteiger charge is 2.31. The fourth-order valence-corrected chi connectivity index (χ4v) is 3.54. The fourth-order valence-electron chi connectivity index (χ4n) is 3.54. The summed E-state index contributed by atoms with van der Waals surface area (Å²) < 4.78 is 0. The predicted molar refractivity (Wildman–Crippen MR) is 80.8 cm³/mol. The van der Waals surface area contributed by atoms with Crippen molar-refractivity contribution in [3.05, 3.63) is 28.8 Å². The first-order chi connectivity index (χ1) is 9.16. The molecule has 0 bridgehead atoms. The molecule has 1 saturated heterocycles. The molecule has 2 unspecified atom stereocenters. The molecule has 2 aliphatic rings. The fraction of sp³-hybridized carbons (Fsp3) is 0.625. The maximum atomic E-state index is 3.70. The molecule has 2 heterocycles. The van der Waals surface area contributed by atoms with E-state index in [0.717, 1.165) is 13.1 Å². The standard InChI is InChI=1S/C16H25N3/c1-11-4-5-12(2)16-15(11)14(10-13(3)18-16)19-8-6-17-7-9-19/h4-5,13-14,17-18H,6-10H2,1-3H3. The molecule has 0 saturated carbocycles. The number of rotatable bonds is 1. The third-order valence-corrected chi connectivity index (χ3v) is 4.56. The molecular formula is C16H25N3. The van der Waals surface area contributed by atoms with Gasteiger partial charge in [-0.3, -0.25) is 4.90 Å². The second-order valence-corrected chi connectivity index (χ2v) is 6.07. The molecule has 3 rings (SSSR count). The molecule has 3 nitrogen and oxygen atoms in total. The Labute approximate surface area is 116 Å². The topological polar surface area (TPSA) is 27.3 Å². The highest BCUT2D eigenvalue weighted by Crippen LogP contribution is 2.40. The number of hydrogen-bond acceptors (Lipinski definition) is 3. The van der Waals surface area contributed by atoms with Crippen molar-refractivity contribution in [3.63, 3.8) is 0 Å². The molecule has 1 fully saturated rings. The average Bonchev–Trinajstić information content (AvgIpc) is 2.43. The van der Waals surface area contributed by atoms with Gasteiger partial charge in [0, 0.05) is 44.0 Å². The third kappa shape index (κ3) is 2.37. The second-order valence-electron chi connectivity index (χ2n) is 6.07. The van der Waals surface area contributed by atoms with Gasteiger partial charge in [-0.15, -0.1) is 0 Å². The molecule has 19 heavy (non-hydrogen) atoms. The number of nitrogens with one attached hydrogen (secondary N) is 2. The van der Waals surface area contributed by atoms with Crippen molar-refractivity contribution in [1.82, 2.24) is 10.2 Å². The molecule has 0 spiro atoms. The zero-order chi connectivity index (χ0) is 13.4. The van der Waals surface area contributed by atoms with Crippen LogP contribution in [0.5, 0.6) is 0 Å². The van der Waals surface area contributed by atoms with Crippen molar-refractivity contribution in [3.8, 4) is 0 Å². The van der Waals surface area contributed by atoms with Crippen LogP contribution in [0.15, 0.2) is 12.1 Å². The van der Waals surface area contributed by atoms with Gasteiger partial charge in [-0.05, 0) is 43.9 Å². The Balaban J connectivity index is 2.00. The minimum atomic E-state index is 0.563. The Morgan fingerprint density at radius 2 is 1.79 bits per heavy atom. The smallest absolute Gasteiger partial charge is 0.0423 e. The van der Waals surface area contributed by atoms with E-state index in [1.54, 1.807) is 5.56 Å². The quantitative estimate of drug-likeness (QED) is 0.811. The van der Waals surface area contributed by atoms with Gasteiger partial charge in [0.05, 0.1) is 0 Å². The Hall–Kier alpha value is -1.06. The number of benzene rings is 1. The summed E-state index contributed by atoms with van der Waals surface area (Å²) in [4.78, 5) is 2.67. The van der Waals surface area contributed by atoms with Crippen LogP contribution < -0.4 is 10.6 Å². The van der Waals surface area contributed by atoms with Crippen molar-refractivity contribution in [1.29, 1.82) is 0 Å². The van der Waals surface area contributed by atoms with Crippen LogP contribution in [-0.4, -0.2) is 37.1 Å². The number of fused-ring (bicyclic) bond motifs is 1. The summed E-state index contributed by atoms with van der Waals surface area (Å²) in [6, 6.07) is 5.68. The zero-order valence-electron chi connectivity index (χ0n) is 12.3. The number of nitrogens with zero attached hydrogens (tertiary/aromatic N) is 1. The van der Waals surface area contributed by atoms with Crippen LogP contribution in [0.25, 0.3) is 0 Å². The van der Waals surface area contributed by atoms with E-state index in [9.17, 15) is 0 Å². The van der Waals surface area contributed by atoms with E-state index in [-0.39, 0.29) is 0 Å². The van der Waals surface area contributed by atoms with Crippen molar-refractivity contribution >= 4 is 5.69 Å². The van der Waals surface area contributed by atoms with Gasteiger partial charge in [0.2, 0.25) is 0 Å². The van der Waals surface area contributed by atoms with Crippen LogP contribution in [0.3, 0.4) is 0 Å². The molecule has 0 radical (unpaired) electrons. The van der Waals surface area contributed by atoms with Crippen LogP contribution in [0.1, 0.15) is 36.1 Å². The summed E-state index contributed by atoms with van der Waals surface area (Å²) in [5.41, 5.74) is 5.75. The molecule has 2 aliphatic heterocycles. The van der Waals surface area contributed by atoms with Gasteiger partial charge in [-0.2, -0.15) is 0 Å². The number of hydrogen-bond donors (Lipinski definition) is 2. The lowest BCUT2D eigenvalue weighted by molar-refractivity contribution is 0.158. The van der Waals surface area contributed by atoms with Crippen LogP contribution in [-0.2, 0) is 0 Å². The van der Waals surface area contributed by atoms with E-state index in [1.165, 1.54) is 36.3 Å². The number of aryl methyl sites for hydroxylation is 2. The lowest BCUT2D eigenvalue weighted by atomic mass is 9.87. The molecule has 0 aliphatic carbocycles. The van der Waals surface area contributed by atoms with Crippen molar-refractivity contribution in [2.24, 2.45) is 0 Å². The van der Waals surface area contributed by atoms with Crippen molar-refractivity contribution < 1.29 is 0 Å². The van der Waals surface area contributed by atoms with E-state index in [2.05, 4.69) is 48.4 Å². The number of piperazine rings is 1. The summed E-state index contributed by atoms with van der Waals surface area (Å²) >= 11 is 0. The van der Waals surface area contributed by atoms with Gasteiger partial charge >= 0.3 is 0 Å². The predicted octanol–water partition coefficient (Wildman–Crippen LogP) is 2.45. The molecule has 1 aromatic carbocycles. The summed E-state index contributed by atoms with van der Waals surface area (Å²) in [5, 5.41) is 7.15. The van der Waals surface area contributed by atoms with Crippen molar-refractivity contribution in [2.75, 3.05) is 31.5 Å². The van der Waals surface area contributed by atoms with Gasteiger partial charge in [0.25, 0.3) is 0 Å². The van der Waals surface area contributed by atoms with Crippen molar-refractivity contribution in [2.45, 2.75) is 39.3 Å². The average molecular weight is 259 g/mol. The first-order valence-corrected chi connectivity index (χ1v) is 7.48. The van der Waals surface area contributed by atoms with Gasteiger partial charge in [0.15, 0.2) is 0 Å². The van der Waals surface area contributed by atoms with E-state index in [4.69, 9.17) is 0 Å². The highest BCUT2D eigenvalue weighted by atomic mass is 15.2. The van der Waals surface area contributed by atoms with Gasteiger partial charge in [-0.25, -0.2) is 0 Å². The lowest BCUT2D eigenvalue weighted by Crippen LogP contribution is -2.47. The maximum Gasteiger partial charge on any atom is 0.0423 e. The largest absolute Gasteiger partial charge is 0.382 e. The molecule has 2 N–H and O–H groups in total. The van der Waals surface area contributed by atoms with Crippen LogP contribution in [0, 0.1) is 13.8 Å². The summed E-state index contributed by atoms with van der Waals surface area (Å²) in [6.07, 6.45) is 1.22. The Morgan fingerprint density at radius 1 is 1.11 bits per heavy atom. The first-order valence-electron chi connectivity index (χ1n) is 7.48. The SMILES string of the molecule is Cc1ccc(C)c2c1NC(C)CC2N1CCNCC1. The van der Waals surface area contributed by atoms with Gasteiger partial charge in [-0.1, -0.05) is 12.1 Å². The summed E-state index contributed by atoms with van der Waals surface area (Å²) in [6.45, 7) is 11.4. The molecule has 2 atom stereocenters. The molecule has 1 aromatic rings. The number of anilines is 1. The van der Waals surface area contributed by atoms with Gasteiger partial charge in [0.1, 0.15) is 0 Å². The zero-order valence-corrected chi connectivity index (χ0v) is 12.3. The molecular weight excluding hydrogens is 234 g/mol. The van der Waals surface area contributed by atoms with E-state index >= 15 is 0 Å². The second kappa shape index (κ2) is 5.14. The molecule has 104 valence electrons. The van der Waals surface area contributed by atoms with Crippen LogP contribution >= 0.6 is 0 Å². The Kier molecular flexibility index (Phi) is 3.50. The van der Waals surface area contributed by atoms with Gasteiger partial charge < -0.3 is 10.6 Å². The Bertz CT molecular complexity index is 463.